The highest BCUT2D eigenvalue weighted by Gasteiger charge is 2.33. The number of halogens is 3. The van der Waals surface area contributed by atoms with Crippen LogP contribution in [0.3, 0.4) is 0 Å². The molecule has 0 aliphatic carbocycles. The minimum absolute atomic E-state index is 0.413. The van der Waals surface area contributed by atoms with Gasteiger partial charge in [0, 0.05) is 48.6 Å². The third-order valence-electron chi connectivity index (χ3n) is 4.58. The van der Waals surface area contributed by atoms with Gasteiger partial charge in [0.1, 0.15) is 0 Å². The van der Waals surface area contributed by atoms with E-state index >= 15 is 0 Å². The number of likely N-dealkylation sites (tertiary alicyclic amines) is 1. The zero-order valence-corrected chi connectivity index (χ0v) is 17.9. The molecule has 29 heavy (non-hydrogen) atoms. The van der Waals surface area contributed by atoms with Crippen LogP contribution in [0.15, 0.2) is 45.6 Å². The van der Waals surface area contributed by atoms with Gasteiger partial charge in [0.2, 0.25) is 0 Å². The van der Waals surface area contributed by atoms with Crippen LogP contribution in [0.4, 0.5) is 13.2 Å². The second-order valence-corrected chi connectivity index (χ2v) is 8.87. The molecule has 1 aromatic heterocycles. The van der Waals surface area contributed by atoms with Crippen molar-refractivity contribution in [3.8, 4) is 0 Å². The Morgan fingerprint density at radius 3 is 2.83 bits per heavy atom. The van der Waals surface area contributed by atoms with E-state index in [1.54, 1.807) is 0 Å². The number of thioether (sulfide) groups is 1. The lowest BCUT2D eigenvalue weighted by Crippen LogP contribution is -2.40. The molecular weight excluding hydrogens is 417 g/mol. The van der Waals surface area contributed by atoms with Gasteiger partial charge in [-0.25, -0.2) is 4.98 Å². The van der Waals surface area contributed by atoms with Gasteiger partial charge >= 0.3 is 6.18 Å². The summed E-state index contributed by atoms with van der Waals surface area (Å²) in [6.45, 7) is 5.09. The van der Waals surface area contributed by atoms with Gasteiger partial charge in [-0.2, -0.15) is 13.2 Å². The predicted molar refractivity (Wildman–Crippen MR) is 114 cm³/mol. The molecule has 0 bridgehead atoms. The summed E-state index contributed by atoms with van der Waals surface area (Å²) >= 11 is 2.92. The number of alkyl halides is 3. The lowest BCUT2D eigenvalue weighted by molar-refractivity contribution is -0.140. The fraction of sp³-hybridized carbons (Fsp3) is 0.500. The van der Waals surface area contributed by atoms with Crippen LogP contribution in [0.1, 0.15) is 24.0 Å². The molecule has 1 N–H and O–H groups in total. The summed E-state index contributed by atoms with van der Waals surface area (Å²) in [5.41, 5.74) is -0.813. The average molecular weight is 443 g/mol. The van der Waals surface area contributed by atoms with Crippen LogP contribution in [-0.2, 0) is 12.6 Å². The first kappa shape index (κ1) is 22.0. The zero-order chi connectivity index (χ0) is 20.7. The van der Waals surface area contributed by atoms with Gasteiger partial charge in [0.15, 0.2) is 11.7 Å². The van der Waals surface area contributed by atoms with Crippen molar-refractivity contribution in [1.82, 2.24) is 15.2 Å². The van der Waals surface area contributed by atoms with Crippen LogP contribution in [0.25, 0.3) is 0 Å². The van der Waals surface area contributed by atoms with Gasteiger partial charge in [-0.3, -0.25) is 4.99 Å². The number of nitrogens with zero attached hydrogens (tertiary/aromatic N) is 3. The summed E-state index contributed by atoms with van der Waals surface area (Å²) in [6, 6.07) is 10.4. The molecule has 2 aromatic rings. The molecule has 1 aromatic carbocycles. The number of hydrogen-bond donors (Lipinski definition) is 1. The quantitative estimate of drug-likeness (QED) is 0.381. The number of nitrogens with one attached hydrogen (secondary N) is 1. The van der Waals surface area contributed by atoms with Crippen LogP contribution >= 0.6 is 23.1 Å². The number of thiazole rings is 1. The van der Waals surface area contributed by atoms with Crippen molar-refractivity contribution in [3.63, 3.8) is 0 Å². The molecule has 1 atom stereocenters. The Balaban J connectivity index is 1.50. The monoisotopic (exact) mass is 442 g/mol. The molecule has 0 radical (unpaired) electrons. The normalized spacial score (nSPS) is 17.7. The molecule has 1 unspecified atom stereocenters. The Morgan fingerprint density at radius 1 is 1.34 bits per heavy atom. The topological polar surface area (TPSA) is 40.5 Å². The van der Waals surface area contributed by atoms with E-state index in [9.17, 15) is 13.2 Å². The Kier molecular flexibility index (Phi) is 7.83. The standard InChI is InChI=1S/C20H25F3N4S2/c1-2-24-19(25-10-8-18-26-17(14-29-18)20(21,22)23)27-11-9-15(12-27)13-28-16-6-4-3-5-7-16/h3-7,14-15H,2,8-13H2,1H3,(H,24,25). The van der Waals surface area contributed by atoms with Crippen LogP contribution < -0.4 is 5.32 Å². The van der Waals surface area contributed by atoms with Crippen molar-refractivity contribution in [2.24, 2.45) is 10.9 Å². The van der Waals surface area contributed by atoms with Crippen LogP contribution in [0.5, 0.6) is 0 Å². The van der Waals surface area contributed by atoms with Gasteiger partial charge in [-0.1, -0.05) is 18.2 Å². The molecule has 1 aliphatic heterocycles. The van der Waals surface area contributed by atoms with E-state index in [1.165, 1.54) is 4.90 Å². The molecule has 1 aliphatic rings. The molecule has 4 nitrogen and oxygen atoms in total. The first-order chi connectivity index (χ1) is 14.0. The maximum absolute atomic E-state index is 12.7. The summed E-state index contributed by atoms with van der Waals surface area (Å²) in [5, 5.41) is 4.84. The maximum Gasteiger partial charge on any atom is 0.434 e. The van der Waals surface area contributed by atoms with E-state index in [2.05, 4.69) is 44.5 Å². The molecule has 1 saturated heterocycles. The number of aliphatic imine (C=N–C) groups is 1. The van der Waals surface area contributed by atoms with Crippen molar-refractivity contribution in [2.45, 2.75) is 30.8 Å². The van der Waals surface area contributed by atoms with Gasteiger partial charge in [-0.05, 0) is 31.4 Å². The van der Waals surface area contributed by atoms with Gasteiger partial charge in [0.05, 0.1) is 5.01 Å². The van der Waals surface area contributed by atoms with E-state index in [4.69, 9.17) is 0 Å². The Labute approximate surface area is 177 Å². The van der Waals surface area contributed by atoms with Crippen molar-refractivity contribution < 1.29 is 13.2 Å². The second-order valence-electron chi connectivity index (χ2n) is 6.83. The molecule has 158 valence electrons. The van der Waals surface area contributed by atoms with Crippen LogP contribution in [0, 0.1) is 5.92 Å². The second kappa shape index (κ2) is 10.3. The largest absolute Gasteiger partial charge is 0.434 e. The van der Waals surface area contributed by atoms with Crippen molar-refractivity contribution in [3.05, 3.63) is 46.4 Å². The van der Waals surface area contributed by atoms with Crippen molar-refractivity contribution in [2.75, 3.05) is 31.9 Å². The number of rotatable bonds is 7. The fourth-order valence-electron chi connectivity index (χ4n) is 3.13. The van der Waals surface area contributed by atoms with Crippen LogP contribution in [-0.4, -0.2) is 47.8 Å². The lowest BCUT2D eigenvalue weighted by atomic mass is 10.2. The average Bonchev–Trinajstić information content (AvgIpc) is 3.36. The molecule has 0 spiro atoms. The lowest BCUT2D eigenvalue weighted by Gasteiger charge is -2.21. The molecule has 3 rings (SSSR count). The molecular formula is C20H25F3N4S2. The Morgan fingerprint density at radius 2 is 2.14 bits per heavy atom. The predicted octanol–water partition coefficient (Wildman–Crippen LogP) is 4.78. The summed E-state index contributed by atoms with van der Waals surface area (Å²) in [7, 11) is 0. The fourth-order valence-corrected chi connectivity index (χ4v) is 4.98. The third-order valence-corrected chi connectivity index (χ3v) is 6.73. The minimum Gasteiger partial charge on any atom is -0.357 e. The summed E-state index contributed by atoms with van der Waals surface area (Å²) in [4.78, 5) is 11.8. The van der Waals surface area contributed by atoms with Gasteiger partial charge in [-0.15, -0.1) is 23.1 Å². The van der Waals surface area contributed by atoms with Gasteiger partial charge < -0.3 is 10.2 Å². The van der Waals surface area contributed by atoms with E-state index in [0.717, 1.165) is 54.5 Å². The number of hydrogen-bond acceptors (Lipinski definition) is 4. The molecule has 0 saturated carbocycles. The number of benzene rings is 1. The highest BCUT2D eigenvalue weighted by atomic mass is 32.2. The first-order valence-electron chi connectivity index (χ1n) is 9.68. The maximum atomic E-state index is 12.7. The number of aromatic nitrogens is 1. The van der Waals surface area contributed by atoms with E-state index in [-0.39, 0.29) is 0 Å². The number of guanidine groups is 1. The molecule has 1 fully saturated rings. The highest BCUT2D eigenvalue weighted by molar-refractivity contribution is 7.99. The highest BCUT2D eigenvalue weighted by Crippen LogP contribution is 2.30. The van der Waals surface area contributed by atoms with Crippen molar-refractivity contribution >= 4 is 29.1 Å². The minimum atomic E-state index is -4.38. The van der Waals surface area contributed by atoms with Crippen LogP contribution in [0.2, 0.25) is 0 Å². The van der Waals surface area contributed by atoms with Gasteiger partial charge in [0.25, 0.3) is 0 Å². The molecule has 0 amide bonds. The van der Waals surface area contributed by atoms with E-state index in [1.807, 2.05) is 24.8 Å². The molecule has 2 heterocycles. The SMILES string of the molecule is CCNC(=NCCc1nc(C(F)(F)F)cs1)N1CCC(CSc2ccccc2)C1. The molecule has 9 heteroatoms. The van der Waals surface area contributed by atoms with E-state index in [0.29, 0.717) is 23.9 Å². The Bertz CT molecular complexity index is 793. The smallest absolute Gasteiger partial charge is 0.357 e. The summed E-state index contributed by atoms with van der Waals surface area (Å²) in [6.07, 6.45) is -2.85. The van der Waals surface area contributed by atoms with E-state index < -0.39 is 11.9 Å². The zero-order valence-electron chi connectivity index (χ0n) is 16.3. The first-order valence-corrected chi connectivity index (χ1v) is 11.5. The van der Waals surface area contributed by atoms with Crippen molar-refractivity contribution in [1.29, 1.82) is 0 Å². The Hall–Kier alpha value is -1.74. The third kappa shape index (κ3) is 6.64. The summed E-state index contributed by atoms with van der Waals surface area (Å²) in [5.74, 6) is 2.50. The summed E-state index contributed by atoms with van der Waals surface area (Å²) < 4.78 is 38.0.